The Morgan fingerprint density at radius 1 is 1.21 bits per heavy atom. The third-order valence-electron chi connectivity index (χ3n) is 2.93. The van der Waals surface area contributed by atoms with E-state index in [0.29, 0.717) is 0 Å². The smallest absolute Gasteiger partial charge is 0.413 e. The second kappa shape index (κ2) is 7.16. The molecule has 0 atom stereocenters. The van der Waals surface area contributed by atoms with Crippen LogP contribution < -0.4 is 5.32 Å². The summed E-state index contributed by atoms with van der Waals surface area (Å²) >= 11 is 0. The van der Waals surface area contributed by atoms with Crippen LogP contribution in [0.2, 0.25) is 0 Å². The highest BCUT2D eigenvalue weighted by atomic mass is 16.6. The Morgan fingerprint density at radius 2 is 1.88 bits per heavy atom. The molecule has 24 heavy (non-hydrogen) atoms. The summed E-state index contributed by atoms with van der Waals surface area (Å²) in [4.78, 5) is 23.9. The number of nitrogens with zero attached hydrogens (tertiary/aromatic N) is 2. The molecule has 0 aliphatic carbocycles. The molecule has 2 rings (SSSR count). The number of aromatic nitrogens is 2. The number of aryl methyl sites for hydroxylation is 1. The van der Waals surface area contributed by atoms with E-state index in [4.69, 9.17) is 9.47 Å². The molecule has 0 radical (unpaired) electrons. The van der Waals surface area contributed by atoms with Gasteiger partial charge in [0.1, 0.15) is 17.9 Å². The lowest BCUT2D eigenvalue weighted by atomic mass is 10.2. The van der Waals surface area contributed by atoms with Crippen molar-refractivity contribution in [3.05, 3.63) is 47.7 Å². The molecule has 0 unspecified atom stereocenters. The van der Waals surface area contributed by atoms with Crippen molar-refractivity contribution in [3.8, 4) is 0 Å². The summed E-state index contributed by atoms with van der Waals surface area (Å²) in [5, 5.41) is 6.55. The van der Waals surface area contributed by atoms with E-state index in [2.05, 4.69) is 10.4 Å². The molecule has 0 saturated carbocycles. The van der Waals surface area contributed by atoms with Gasteiger partial charge in [0.05, 0.1) is 0 Å². The number of carbonyl (C=O) groups is 2. The van der Waals surface area contributed by atoms with Gasteiger partial charge in [-0.2, -0.15) is 5.10 Å². The van der Waals surface area contributed by atoms with Gasteiger partial charge in [0.15, 0.2) is 5.82 Å². The Bertz CT molecular complexity index is 717. The van der Waals surface area contributed by atoms with Gasteiger partial charge in [0, 0.05) is 13.1 Å². The minimum Gasteiger partial charge on any atom is -0.456 e. The molecule has 0 bridgehead atoms. The minimum absolute atomic E-state index is 0.166. The number of hydrogen-bond donors (Lipinski definition) is 1. The minimum atomic E-state index is -0.634. The molecule has 2 aromatic rings. The number of ether oxygens (including phenoxy) is 2. The van der Waals surface area contributed by atoms with Crippen LogP contribution in [-0.2, 0) is 23.1 Å². The first-order valence-electron chi connectivity index (χ1n) is 7.50. The van der Waals surface area contributed by atoms with Gasteiger partial charge in [-0.1, -0.05) is 30.3 Å². The molecule has 0 spiro atoms. The highest BCUT2D eigenvalue weighted by molar-refractivity contribution is 5.90. The fourth-order valence-corrected chi connectivity index (χ4v) is 1.92. The van der Waals surface area contributed by atoms with Crippen molar-refractivity contribution in [2.45, 2.75) is 33.0 Å². The molecule has 128 valence electrons. The standard InChI is InChI=1S/C17H21N3O4/c1-17(2,3)24-16(22)18-14-10-13(20(4)19-14)15(21)23-11-12-8-6-5-7-9-12/h5-10H,11H2,1-4H3,(H,18,19,22). The molecule has 1 heterocycles. The van der Waals surface area contributed by atoms with E-state index < -0.39 is 17.7 Å². The number of nitrogens with one attached hydrogen (secondary N) is 1. The van der Waals surface area contributed by atoms with E-state index in [1.807, 2.05) is 30.3 Å². The second-order valence-electron chi connectivity index (χ2n) is 6.23. The molecule has 1 amide bonds. The summed E-state index contributed by atoms with van der Waals surface area (Å²) in [7, 11) is 1.60. The first kappa shape index (κ1) is 17.5. The van der Waals surface area contributed by atoms with Gasteiger partial charge in [0.2, 0.25) is 0 Å². The molecule has 7 heteroatoms. The number of esters is 1. The van der Waals surface area contributed by atoms with E-state index in [9.17, 15) is 9.59 Å². The number of anilines is 1. The van der Waals surface area contributed by atoms with Gasteiger partial charge in [-0.15, -0.1) is 0 Å². The summed E-state index contributed by atoms with van der Waals surface area (Å²) in [6.45, 7) is 5.45. The monoisotopic (exact) mass is 331 g/mol. The van der Waals surface area contributed by atoms with Crippen LogP contribution in [-0.4, -0.2) is 27.4 Å². The van der Waals surface area contributed by atoms with Gasteiger partial charge in [0.25, 0.3) is 0 Å². The van der Waals surface area contributed by atoms with Crippen LogP contribution in [0.5, 0.6) is 0 Å². The zero-order valence-corrected chi connectivity index (χ0v) is 14.2. The van der Waals surface area contributed by atoms with Crippen LogP contribution in [0.3, 0.4) is 0 Å². The van der Waals surface area contributed by atoms with E-state index in [1.54, 1.807) is 27.8 Å². The van der Waals surface area contributed by atoms with Gasteiger partial charge >= 0.3 is 12.1 Å². The Labute approximate surface area is 140 Å². The predicted octanol–water partition coefficient (Wildman–Crippen LogP) is 3.12. The average Bonchev–Trinajstić information content (AvgIpc) is 2.84. The van der Waals surface area contributed by atoms with Crippen molar-refractivity contribution in [1.29, 1.82) is 0 Å². The SMILES string of the molecule is Cn1nc(NC(=O)OC(C)(C)C)cc1C(=O)OCc1ccccc1. The maximum Gasteiger partial charge on any atom is 0.413 e. The number of benzene rings is 1. The van der Waals surface area contributed by atoms with E-state index in [-0.39, 0.29) is 18.1 Å². The predicted molar refractivity (Wildman–Crippen MR) is 88.6 cm³/mol. The van der Waals surface area contributed by atoms with Crippen LogP contribution >= 0.6 is 0 Å². The summed E-state index contributed by atoms with van der Waals surface area (Å²) < 4.78 is 11.7. The van der Waals surface area contributed by atoms with Crippen LogP contribution in [0, 0.1) is 0 Å². The number of carbonyl (C=O) groups excluding carboxylic acids is 2. The van der Waals surface area contributed by atoms with Crippen molar-refractivity contribution >= 4 is 17.9 Å². The highest BCUT2D eigenvalue weighted by Gasteiger charge is 2.19. The quantitative estimate of drug-likeness (QED) is 0.870. The molecule has 1 aromatic carbocycles. The normalized spacial score (nSPS) is 11.0. The zero-order chi connectivity index (χ0) is 17.7. The van der Waals surface area contributed by atoms with Crippen LogP contribution in [0.1, 0.15) is 36.8 Å². The van der Waals surface area contributed by atoms with Crippen LogP contribution in [0.4, 0.5) is 10.6 Å². The maximum atomic E-state index is 12.1. The highest BCUT2D eigenvalue weighted by Crippen LogP contribution is 2.13. The summed E-state index contributed by atoms with van der Waals surface area (Å²) in [6.07, 6.45) is -0.634. The van der Waals surface area contributed by atoms with Crippen molar-refractivity contribution in [2.24, 2.45) is 7.05 Å². The zero-order valence-electron chi connectivity index (χ0n) is 14.2. The van der Waals surface area contributed by atoms with Crippen molar-refractivity contribution in [2.75, 3.05) is 5.32 Å². The van der Waals surface area contributed by atoms with E-state index >= 15 is 0 Å². The lowest BCUT2D eigenvalue weighted by Gasteiger charge is -2.18. The average molecular weight is 331 g/mol. The largest absolute Gasteiger partial charge is 0.456 e. The first-order valence-corrected chi connectivity index (χ1v) is 7.50. The fraction of sp³-hybridized carbons (Fsp3) is 0.353. The Morgan fingerprint density at radius 3 is 2.50 bits per heavy atom. The Hall–Kier alpha value is -2.83. The molecule has 7 nitrogen and oxygen atoms in total. The van der Waals surface area contributed by atoms with Crippen molar-refractivity contribution in [3.63, 3.8) is 0 Å². The molecule has 0 saturated heterocycles. The van der Waals surface area contributed by atoms with Gasteiger partial charge in [-0.05, 0) is 26.3 Å². The lowest BCUT2D eigenvalue weighted by Crippen LogP contribution is -2.27. The summed E-state index contributed by atoms with van der Waals surface area (Å²) in [6, 6.07) is 10.8. The molecular weight excluding hydrogens is 310 g/mol. The van der Waals surface area contributed by atoms with Crippen molar-refractivity contribution in [1.82, 2.24) is 9.78 Å². The van der Waals surface area contributed by atoms with Crippen LogP contribution in [0.15, 0.2) is 36.4 Å². The van der Waals surface area contributed by atoms with Gasteiger partial charge in [-0.25, -0.2) is 9.59 Å². The van der Waals surface area contributed by atoms with Gasteiger partial charge < -0.3 is 9.47 Å². The van der Waals surface area contributed by atoms with Crippen molar-refractivity contribution < 1.29 is 19.1 Å². The summed E-state index contributed by atoms with van der Waals surface area (Å²) in [5.74, 6) is -0.301. The fourth-order valence-electron chi connectivity index (χ4n) is 1.92. The number of hydrogen-bond acceptors (Lipinski definition) is 5. The summed E-state index contributed by atoms with van der Waals surface area (Å²) in [5.41, 5.74) is 0.508. The molecule has 0 fully saturated rings. The maximum absolute atomic E-state index is 12.1. The van der Waals surface area contributed by atoms with Gasteiger partial charge in [-0.3, -0.25) is 10.00 Å². The number of amides is 1. The van der Waals surface area contributed by atoms with Crippen LogP contribution in [0.25, 0.3) is 0 Å². The molecule has 0 aliphatic rings. The Balaban J connectivity index is 1.97. The molecular formula is C17H21N3O4. The number of rotatable bonds is 4. The Kier molecular flexibility index (Phi) is 5.23. The lowest BCUT2D eigenvalue weighted by molar-refractivity contribution is 0.0459. The topological polar surface area (TPSA) is 82.5 Å². The molecule has 1 aromatic heterocycles. The molecule has 1 N–H and O–H groups in total. The molecule has 0 aliphatic heterocycles. The van der Waals surface area contributed by atoms with E-state index in [1.165, 1.54) is 10.7 Å². The third kappa shape index (κ3) is 5.12. The third-order valence-corrected chi connectivity index (χ3v) is 2.93. The van der Waals surface area contributed by atoms with E-state index in [0.717, 1.165) is 5.56 Å². The first-order chi connectivity index (χ1) is 11.2. The second-order valence-corrected chi connectivity index (χ2v) is 6.23.